The number of halogens is 3. The van der Waals surface area contributed by atoms with Crippen molar-refractivity contribution in [3.8, 4) is 16.9 Å². The summed E-state index contributed by atoms with van der Waals surface area (Å²) in [5.74, 6) is -0.153. The molecule has 1 fully saturated rings. The molecule has 0 spiro atoms. The van der Waals surface area contributed by atoms with Crippen molar-refractivity contribution in [1.29, 1.82) is 0 Å². The third-order valence-corrected chi connectivity index (χ3v) is 7.46. The van der Waals surface area contributed by atoms with Crippen molar-refractivity contribution < 1.29 is 27.5 Å². The lowest BCUT2D eigenvalue weighted by molar-refractivity contribution is -0.274. The molecule has 41 heavy (non-hydrogen) atoms. The van der Waals surface area contributed by atoms with Crippen LogP contribution in [0.3, 0.4) is 0 Å². The summed E-state index contributed by atoms with van der Waals surface area (Å²) in [7, 11) is 0. The molecule has 3 amide bonds. The number of nitrogens with one attached hydrogen (secondary N) is 2. The maximum atomic E-state index is 13.0. The van der Waals surface area contributed by atoms with E-state index in [0.29, 0.717) is 31.6 Å². The maximum absolute atomic E-state index is 13.0. The molecule has 1 saturated carbocycles. The van der Waals surface area contributed by atoms with Crippen LogP contribution in [-0.2, 0) is 24.3 Å². The third kappa shape index (κ3) is 7.01. The molecule has 216 valence electrons. The summed E-state index contributed by atoms with van der Waals surface area (Å²) in [5.41, 5.74) is 4.86. The topological polar surface area (TPSA) is 70.7 Å². The predicted molar refractivity (Wildman–Crippen MR) is 150 cm³/mol. The van der Waals surface area contributed by atoms with E-state index in [9.17, 15) is 22.8 Å². The number of hydrogen-bond donors (Lipinski definition) is 2. The Bertz CT molecular complexity index is 1430. The molecule has 1 aliphatic heterocycles. The highest BCUT2D eigenvalue weighted by Crippen LogP contribution is 2.47. The van der Waals surface area contributed by atoms with Crippen molar-refractivity contribution >= 4 is 11.9 Å². The van der Waals surface area contributed by atoms with Crippen LogP contribution in [0, 0.1) is 5.92 Å². The van der Waals surface area contributed by atoms with Gasteiger partial charge in [0.15, 0.2) is 0 Å². The molecule has 3 aromatic carbocycles. The fourth-order valence-corrected chi connectivity index (χ4v) is 5.48. The highest BCUT2D eigenvalue weighted by atomic mass is 19.4. The van der Waals surface area contributed by atoms with E-state index in [4.69, 9.17) is 0 Å². The Morgan fingerprint density at radius 3 is 2.44 bits per heavy atom. The predicted octanol–water partition coefficient (Wildman–Crippen LogP) is 6.54. The van der Waals surface area contributed by atoms with Gasteiger partial charge in [0.1, 0.15) is 5.75 Å². The van der Waals surface area contributed by atoms with Crippen molar-refractivity contribution in [2.45, 2.75) is 64.5 Å². The Balaban J connectivity index is 1.40. The van der Waals surface area contributed by atoms with Crippen molar-refractivity contribution in [1.82, 2.24) is 15.5 Å². The number of amides is 3. The minimum Gasteiger partial charge on any atom is -0.406 e. The zero-order valence-corrected chi connectivity index (χ0v) is 23.3. The Kier molecular flexibility index (Phi) is 7.72. The Hall–Kier alpha value is -4.01. The van der Waals surface area contributed by atoms with E-state index in [-0.39, 0.29) is 29.5 Å². The summed E-state index contributed by atoms with van der Waals surface area (Å²) in [4.78, 5) is 27.8. The molecule has 0 saturated heterocycles. The summed E-state index contributed by atoms with van der Waals surface area (Å²) >= 11 is 0. The van der Waals surface area contributed by atoms with E-state index < -0.39 is 11.9 Å². The number of fused-ring (bicyclic) bond motifs is 1. The molecule has 6 nitrogen and oxygen atoms in total. The molecule has 2 aliphatic rings. The average Bonchev–Trinajstić information content (AvgIpc) is 3.71. The lowest BCUT2D eigenvalue weighted by atomic mass is 9.87. The van der Waals surface area contributed by atoms with Crippen LogP contribution in [0.5, 0.6) is 5.75 Å². The molecule has 9 heteroatoms. The van der Waals surface area contributed by atoms with E-state index in [0.717, 1.165) is 34.2 Å². The van der Waals surface area contributed by atoms with Crippen molar-refractivity contribution in [3.05, 3.63) is 89.0 Å². The second kappa shape index (κ2) is 11.1. The van der Waals surface area contributed by atoms with Crippen molar-refractivity contribution in [2.24, 2.45) is 5.92 Å². The Morgan fingerprint density at radius 2 is 1.73 bits per heavy atom. The molecule has 0 aromatic heterocycles. The first-order valence-electron chi connectivity index (χ1n) is 13.8. The van der Waals surface area contributed by atoms with Gasteiger partial charge in [0, 0.05) is 31.1 Å². The molecular formula is C32H34F3N3O3. The van der Waals surface area contributed by atoms with Gasteiger partial charge in [-0.05, 0) is 85.0 Å². The molecule has 0 bridgehead atoms. The van der Waals surface area contributed by atoms with Crippen molar-refractivity contribution in [3.63, 3.8) is 0 Å². The average molecular weight is 566 g/mol. The van der Waals surface area contributed by atoms with Crippen LogP contribution in [0.4, 0.5) is 18.0 Å². The van der Waals surface area contributed by atoms with Crippen LogP contribution in [0.2, 0.25) is 0 Å². The van der Waals surface area contributed by atoms with E-state index >= 15 is 0 Å². The van der Waals surface area contributed by atoms with Gasteiger partial charge < -0.3 is 20.3 Å². The lowest BCUT2D eigenvalue weighted by Crippen LogP contribution is -2.50. The molecule has 5 rings (SSSR count). The zero-order valence-electron chi connectivity index (χ0n) is 23.3. The number of nitrogens with zero attached hydrogens (tertiary/aromatic N) is 1. The number of alkyl halides is 3. The number of carbonyl (C=O) groups excluding carboxylic acids is 2. The summed E-state index contributed by atoms with van der Waals surface area (Å²) in [5, 5.41) is 6.09. The highest BCUT2D eigenvalue weighted by Gasteiger charge is 2.43. The maximum Gasteiger partial charge on any atom is 0.573 e. The molecule has 3 aromatic rings. The minimum atomic E-state index is -4.79. The monoisotopic (exact) mass is 565 g/mol. The van der Waals surface area contributed by atoms with Crippen LogP contribution in [0.25, 0.3) is 11.1 Å². The van der Waals surface area contributed by atoms with Gasteiger partial charge in [-0.15, -0.1) is 13.2 Å². The zero-order chi connectivity index (χ0) is 29.4. The third-order valence-electron chi connectivity index (χ3n) is 7.46. The lowest BCUT2D eigenvalue weighted by Gasteiger charge is -2.34. The number of benzene rings is 3. The van der Waals surface area contributed by atoms with Crippen LogP contribution in [0.15, 0.2) is 66.7 Å². The number of urea groups is 1. The molecule has 0 unspecified atom stereocenters. The highest BCUT2D eigenvalue weighted by molar-refractivity contribution is 5.83. The van der Waals surface area contributed by atoms with Gasteiger partial charge in [-0.3, -0.25) is 4.79 Å². The first-order valence-corrected chi connectivity index (χ1v) is 13.8. The van der Waals surface area contributed by atoms with E-state index in [1.807, 2.05) is 63.2 Å². The smallest absolute Gasteiger partial charge is 0.406 e. The first-order chi connectivity index (χ1) is 19.4. The van der Waals surface area contributed by atoms with Crippen LogP contribution >= 0.6 is 0 Å². The fourth-order valence-electron chi connectivity index (χ4n) is 5.48. The second-order valence-corrected chi connectivity index (χ2v) is 11.7. The molecule has 1 aliphatic carbocycles. The summed E-state index contributed by atoms with van der Waals surface area (Å²) in [6.07, 6.45) is -3.46. The van der Waals surface area contributed by atoms with Gasteiger partial charge in [-0.25, -0.2) is 4.79 Å². The molecule has 0 radical (unpaired) electrons. The fraction of sp³-hybridized carbons (Fsp3) is 0.375. The molecule has 1 heterocycles. The van der Waals surface area contributed by atoms with Gasteiger partial charge in [-0.1, -0.05) is 54.6 Å². The summed E-state index contributed by atoms with van der Waals surface area (Å²) in [6.45, 7) is 6.82. The van der Waals surface area contributed by atoms with Gasteiger partial charge in [0.05, 0.1) is 0 Å². The number of hydrogen-bond acceptors (Lipinski definition) is 3. The number of ether oxygens (including phenoxy) is 1. The quantitative estimate of drug-likeness (QED) is 0.357. The molecule has 2 atom stereocenters. The summed E-state index contributed by atoms with van der Waals surface area (Å²) < 4.78 is 42.8. The van der Waals surface area contributed by atoms with E-state index in [1.54, 1.807) is 11.0 Å². The standard InChI is InChI=1S/C32H34F3N3O3/c1-31(2,3)37-30(40)38-15-14-25-24(21-10-7-11-23(16-21)41-32(33,34)35)13-12-22(28(25)19-38)18-36-29(39)27-17-26(27)20-8-5-4-6-9-20/h4-13,16,26-27H,14-15,17-19H2,1-3H3,(H,36,39)(H,37,40)/t26-,27+/m1/s1. The van der Waals surface area contributed by atoms with Gasteiger partial charge in [0.2, 0.25) is 5.91 Å². The second-order valence-electron chi connectivity index (χ2n) is 11.7. The minimum absolute atomic E-state index is 0.00757. The van der Waals surface area contributed by atoms with Crippen LogP contribution < -0.4 is 15.4 Å². The van der Waals surface area contributed by atoms with E-state index in [2.05, 4.69) is 15.4 Å². The van der Waals surface area contributed by atoms with Crippen molar-refractivity contribution in [2.75, 3.05) is 6.54 Å². The van der Waals surface area contributed by atoms with Gasteiger partial charge in [-0.2, -0.15) is 0 Å². The first kappa shape index (κ1) is 28.5. The van der Waals surface area contributed by atoms with Crippen LogP contribution in [-0.4, -0.2) is 35.3 Å². The van der Waals surface area contributed by atoms with Gasteiger partial charge in [0.25, 0.3) is 0 Å². The van der Waals surface area contributed by atoms with Crippen LogP contribution in [0.1, 0.15) is 55.4 Å². The summed E-state index contributed by atoms with van der Waals surface area (Å²) in [6, 6.07) is 19.5. The Morgan fingerprint density at radius 1 is 0.976 bits per heavy atom. The van der Waals surface area contributed by atoms with Gasteiger partial charge >= 0.3 is 12.4 Å². The molecular weight excluding hydrogens is 531 g/mol. The molecule has 2 N–H and O–H groups in total. The Labute approximate surface area is 237 Å². The largest absolute Gasteiger partial charge is 0.573 e. The number of carbonyl (C=O) groups is 2. The SMILES string of the molecule is CC(C)(C)NC(=O)N1CCc2c(-c3cccc(OC(F)(F)F)c3)ccc(CNC(=O)[C@H]3C[C@@H]3c3ccccc3)c2C1. The number of rotatable bonds is 6. The normalized spacial score (nSPS) is 18.3. The van der Waals surface area contributed by atoms with E-state index in [1.165, 1.54) is 18.2 Å².